The van der Waals surface area contributed by atoms with E-state index in [1.54, 1.807) is 7.11 Å². The summed E-state index contributed by atoms with van der Waals surface area (Å²) in [6, 6.07) is 0.620. The molecule has 0 aromatic carbocycles. The van der Waals surface area contributed by atoms with Crippen LogP contribution < -0.4 is 0 Å². The van der Waals surface area contributed by atoms with Crippen molar-refractivity contribution in [3.8, 4) is 0 Å². The van der Waals surface area contributed by atoms with Crippen LogP contribution in [0.2, 0.25) is 0 Å². The van der Waals surface area contributed by atoms with Crippen LogP contribution in [0.4, 0.5) is 4.39 Å². The largest absolute Gasteiger partial charge is 0.381 e. The fraction of sp³-hybridized carbons (Fsp3) is 1.00. The van der Waals surface area contributed by atoms with Gasteiger partial charge >= 0.3 is 0 Å². The third-order valence-corrected chi connectivity index (χ3v) is 3.38. The minimum absolute atomic E-state index is 0.165. The number of unbranched alkanes of at least 4 members (excludes halogenated alkanes) is 2. The fourth-order valence-electron chi connectivity index (χ4n) is 2.31. The van der Waals surface area contributed by atoms with Gasteiger partial charge in [0.25, 0.3) is 0 Å². The maximum absolute atomic E-state index is 11.9. The molecule has 2 atom stereocenters. The molecule has 15 heavy (non-hydrogen) atoms. The summed E-state index contributed by atoms with van der Waals surface area (Å²) in [5, 5.41) is 0. The van der Waals surface area contributed by atoms with Gasteiger partial charge in [0, 0.05) is 19.7 Å². The number of alkyl halides is 1. The quantitative estimate of drug-likeness (QED) is 0.634. The van der Waals surface area contributed by atoms with E-state index in [9.17, 15) is 4.39 Å². The number of methoxy groups -OCH3 is 1. The van der Waals surface area contributed by atoms with Gasteiger partial charge in [0.1, 0.15) is 0 Å². The Morgan fingerprint density at radius 3 is 2.73 bits per heavy atom. The molecule has 0 unspecified atom stereocenters. The third kappa shape index (κ3) is 4.47. The maximum Gasteiger partial charge on any atom is 0.0894 e. The summed E-state index contributed by atoms with van der Waals surface area (Å²) in [5.41, 5.74) is 0. The Bertz CT molecular complexity index is 166. The van der Waals surface area contributed by atoms with E-state index < -0.39 is 0 Å². The van der Waals surface area contributed by atoms with E-state index in [4.69, 9.17) is 4.74 Å². The second-order valence-electron chi connectivity index (χ2n) is 4.52. The van der Waals surface area contributed by atoms with Gasteiger partial charge in [-0.1, -0.05) is 0 Å². The molecular formula is C12H24FNO. The van der Waals surface area contributed by atoms with E-state index in [0.717, 1.165) is 45.2 Å². The van der Waals surface area contributed by atoms with Crippen molar-refractivity contribution >= 4 is 0 Å². The van der Waals surface area contributed by atoms with Crippen molar-refractivity contribution in [3.63, 3.8) is 0 Å². The van der Waals surface area contributed by atoms with E-state index in [1.165, 1.54) is 0 Å². The Hall–Kier alpha value is -0.150. The molecule has 0 radical (unpaired) electrons. The maximum atomic E-state index is 11.9. The second-order valence-corrected chi connectivity index (χ2v) is 4.52. The zero-order valence-corrected chi connectivity index (χ0v) is 10.0. The van der Waals surface area contributed by atoms with Crippen molar-refractivity contribution < 1.29 is 9.13 Å². The normalized spacial score (nSPS) is 28.2. The Kier molecular flexibility index (Phi) is 6.18. The number of rotatable bonds is 6. The molecule has 90 valence electrons. The highest BCUT2D eigenvalue weighted by Gasteiger charge is 2.24. The molecule has 0 N–H and O–H groups in total. The third-order valence-electron chi connectivity index (χ3n) is 3.38. The van der Waals surface area contributed by atoms with Crippen LogP contribution >= 0.6 is 0 Å². The number of nitrogens with zero attached hydrogens (tertiary/aromatic N) is 1. The number of hydrogen-bond donors (Lipinski definition) is 0. The minimum Gasteiger partial charge on any atom is -0.381 e. The first-order valence-corrected chi connectivity index (χ1v) is 6.10. The average Bonchev–Trinajstić information content (AvgIpc) is 2.26. The summed E-state index contributed by atoms with van der Waals surface area (Å²) >= 11 is 0. The molecule has 0 aromatic rings. The molecule has 3 heteroatoms. The van der Waals surface area contributed by atoms with Gasteiger partial charge in [-0.2, -0.15) is 0 Å². The van der Waals surface area contributed by atoms with Crippen molar-refractivity contribution in [1.82, 2.24) is 4.90 Å². The van der Waals surface area contributed by atoms with E-state index >= 15 is 0 Å². The molecule has 0 bridgehead atoms. The van der Waals surface area contributed by atoms with Crippen molar-refractivity contribution in [1.29, 1.82) is 0 Å². The Balaban J connectivity index is 2.14. The highest BCUT2D eigenvalue weighted by Crippen LogP contribution is 2.19. The molecule has 1 heterocycles. The summed E-state index contributed by atoms with van der Waals surface area (Å²) in [4.78, 5) is 2.51. The Morgan fingerprint density at radius 1 is 1.33 bits per heavy atom. The van der Waals surface area contributed by atoms with Gasteiger partial charge in [-0.05, 0) is 45.6 Å². The van der Waals surface area contributed by atoms with Gasteiger partial charge in [-0.15, -0.1) is 0 Å². The summed E-state index contributed by atoms with van der Waals surface area (Å²) in [6.45, 7) is 4.36. The summed E-state index contributed by atoms with van der Waals surface area (Å²) in [5.74, 6) is 0. The van der Waals surface area contributed by atoms with Crippen LogP contribution in [0.3, 0.4) is 0 Å². The molecule has 1 aliphatic heterocycles. The first-order valence-electron chi connectivity index (χ1n) is 6.10. The summed E-state index contributed by atoms with van der Waals surface area (Å²) in [6.07, 6.45) is 5.60. The van der Waals surface area contributed by atoms with Crippen molar-refractivity contribution in [3.05, 3.63) is 0 Å². The van der Waals surface area contributed by atoms with Crippen molar-refractivity contribution in [2.45, 2.75) is 51.2 Å². The number of ether oxygens (including phenoxy) is 1. The number of hydrogen-bond acceptors (Lipinski definition) is 2. The molecule has 1 rings (SSSR count). The average molecular weight is 217 g/mol. The van der Waals surface area contributed by atoms with Crippen LogP contribution in [0.15, 0.2) is 0 Å². The number of piperidine rings is 1. The minimum atomic E-state index is -0.165. The predicted octanol–water partition coefficient (Wildman–Crippen LogP) is 2.63. The molecule has 0 spiro atoms. The number of likely N-dealkylation sites (tertiary alicyclic amines) is 1. The fourth-order valence-corrected chi connectivity index (χ4v) is 2.31. The molecule has 0 saturated carbocycles. The lowest BCUT2D eigenvalue weighted by Crippen LogP contribution is -2.43. The van der Waals surface area contributed by atoms with Gasteiger partial charge < -0.3 is 9.64 Å². The zero-order chi connectivity index (χ0) is 11.1. The highest BCUT2D eigenvalue weighted by molar-refractivity contribution is 4.78. The predicted molar refractivity (Wildman–Crippen MR) is 60.9 cm³/mol. The molecular weight excluding hydrogens is 193 g/mol. The van der Waals surface area contributed by atoms with E-state index in [2.05, 4.69) is 11.8 Å². The van der Waals surface area contributed by atoms with E-state index in [0.29, 0.717) is 12.1 Å². The molecule has 1 fully saturated rings. The van der Waals surface area contributed by atoms with Gasteiger partial charge in [0.15, 0.2) is 0 Å². The zero-order valence-electron chi connectivity index (χ0n) is 10.0. The molecule has 0 aliphatic carbocycles. The van der Waals surface area contributed by atoms with Gasteiger partial charge in [0.05, 0.1) is 12.8 Å². The van der Waals surface area contributed by atoms with Crippen molar-refractivity contribution in [2.24, 2.45) is 0 Å². The first-order chi connectivity index (χ1) is 7.27. The van der Waals surface area contributed by atoms with Gasteiger partial charge in [0.2, 0.25) is 0 Å². The van der Waals surface area contributed by atoms with Crippen LogP contribution in [0.5, 0.6) is 0 Å². The van der Waals surface area contributed by atoms with Crippen LogP contribution in [0, 0.1) is 0 Å². The molecule has 0 amide bonds. The highest BCUT2D eigenvalue weighted by atomic mass is 19.1. The van der Waals surface area contributed by atoms with Crippen LogP contribution in [0.1, 0.15) is 39.0 Å². The first kappa shape index (κ1) is 12.9. The van der Waals surface area contributed by atoms with Gasteiger partial charge in [-0.3, -0.25) is 4.39 Å². The lowest BCUT2D eigenvalue weighted by Gasteiger charge is -2.37. The Labute approximate surface area is 92.8 Å². The molecule has 1 aliphatic rings. The van der Waals surface area contributed by atoms with Gasteiger partial charge in [-0.25, -0.2) is 0 Å². The summed E-state index contributed by atoms with van der Waals surface area (Å²) in [7, 11) is 1.80. The van der Waals surface area contributed by atoms with E-state index in [-0.39, 0.29) is 6.67 Å². The molecule has 1 saturated heterocycles. The Morgan fingerprint density at radius 2 is 2.13 bits per heavy atom. The summed E-state index contributed by atoms with van der Waals surface area (Å²) < 4.78 is 17.3. The standard InChI is InChI=1S/C12H24FNO/c1-11-10-12(15-2)6-9-14(11)8-5-3-4-7-13/h11-12H,3-10H2,1-2H3/t11-,12-/m1/s1. The lowest BCUT2D eigenvalue weighted by atomic mass is 10.0. The van der Waals surface area contributed by atoms with Crippen LogP contribution in [-0.2, 0) is 4.74 Å². The smallest absolute Gasteiger partial charge is 0.0894 e. The topological polar surface area (TPSA) is 12.5 Å². The molecule has 0 aromatic heterocycles. The lowest BCUT2D eigenvalue weighted by molar-refractivity contribution is 0.0155. The van der Waals surface area contributed by atoms with Crippen LogP contribution in [0.25, 0.3) is 0 Å². The molecule has 2 nitrogen and oxygen atoms in total. The SMILES string of the molecule is CO[C@@H]1CCN(CCCCCF)[C@H](C)C1. The van der Waals surface area contributed by atoms with Crippen molar-refractivity contribution in [2.75, 3.05) is 26.9 Å². The second kappa shape index (κ2) is 7.18. The monoisotopic (exact) mass is 217 g/mol. The van der Waals surface area contributed by atoms with Crippen LogP contribution in [-0.4, -0.2) is 43.9 Å². The number of halogens is 1. The van der Waals surface area contributed by atoms with E-state index in [1.807, 2.05) is 0 Å².